The Kier molecular flexibility index (Phi) is 20.6. The summed E-state index contributed by atoms with van der Waals surface area (Å²) >= 11 is 5.29. The Morgan fingerprint density at radius 1 is 0.972 bits per heavy atom. The van der Waals surface area contributed by atoms with Crippen molar-refractivity contribution < 1.29 is 56.9 Å². The second kappa shape index (κ2) is 26.7. The topological polar surface area (TPSA) is 216 Å². The molecular formula is C53H46F3N8O5RuS2-. The van der Waals surface area contributed by atoms with E-state index in [1.54, 1.807) is 29.9 Å². The van der Waals surface area contributed by atoms with Gasteiger partial charge in [0, 0.05) is 39.3 Å². The number of pyridine rings is 1. The van der Waals surface area contributed by atoms with Crippen molar-refractivity contribution in [3.05, 3.63) is 222 Å². The fourth-order valence-corrected chi connectivity index (χ4v) is 8.36. The molecule has 0 saturated carbocycles. The third kappa shape index (κ3) is 15.0. The van der Waals surface area contributed by atoms with E-state index in [0.717, 1.165) is 45.8 Å². The maximum Gasteiger partial charge on any atom is 4.00 e. The first-order valence-electron chi connectivity index (χ1n) is 22.1. The van der Waals surface area contributed by atoms with E-state index in [9.17, 15) is 33.0 Å². The largest absolute Gasteiger partial charge is 4.00 e. The number of carboxylic acids is 2. The van der Waals surface area contributed by atoms with Gasteiger partial charge in [0.2, 0.25) is 5.88 Å². The molecule has 0 bridgehead atoms. The summed E-state index contributed by atoms with van der Waals surface area (Å²) in [4.78, 5) is 31.2. The van der Waals surface area contributed by atoms with Crippen LogP contribution in [0.2, 0.25) is 0 Å². The molecule has 0 radical (unpaired) electrons. The van der Waals surface area contributed by atoms with Crippen LogP contribution in [0.15, 0.2) is 167 Å². The van der Waals surface area contributed by atoms with Gasteiger partial charge in [-0.05, 0) is 83.5 Å². The van der Waals surface area contributed by atoms with Gasteiger partial charge in [-0.2, -0.15) is 35.9 Å². The van der Waals surface area contributed by atoms with Crippen LogP contribution in [0.1, 0.15) is 76.4 Å². The van der Waals surface area contributed by atoms with Gasteiger partial charge in [0.05, 0.1) is 11.1 Å². The number of anilines is 3. The first kappa shape index (κ1) is 55.5. The molecule has 8 rings (SSSR count). The Labute approximate surface area is 436 Å². The minimum Gasteiger partial charge on any atom is -0.753 e. The van der Waals surface area contributed by atoms with Crippen LogP contribution < -0.4 is 4.90 Å². The average Bonchev–Trinajstić information content (AvgIpc) is 4.07. The summed E-state index contributed by atoms with van der Waals surface area (Å²) in [5.74, 6) is -1.60. The van der Waals surface area contributed by atoms with Gasteiger partial charge in [-0.3, -0.25) is 15.3 Å². The second-order valence-electron chi connectivity index (χ2n) is 15.7. The number of isothiocyanates is 1. The number of para-hydroxylation sites is 2. The quantitative estimate of drug-likeness (QED) is 0.0373. The van der Waals surface area contributed by atoms with Gasteiger partial charge in [0.1, 0.15) is 12.0 Å². The number of rotatable bonds is 16. The molecule has 0 amide bonds. The summed E-state index contributed by atoms with van der Waals surface area (Å²) < 4.78 is 43.5. The van der Waals surface area contributed by atoms with Crippen LogP contribution in [0.3, 0.4) is 0 Å². The smallest absolute Gasteiger partial charge is 0.753 e. The molecule has 6 heterocycles. The number of aliphatic carboxylic acids is 1. The summed E-state index contributed by atoms with van der Waals surface area (Å²) in [5, 5.41) is 49.7. The van der Waals surface area contributed by atoms with Crippen LogP contribution in [0.25, 0.3) is 43.9 Å². The predicted octanol–water partition coefficient (Wildman–Crippen LogP) is 15.3. The van der Waals surface area contributed by atoms with Gasteiger partial charge in [-0.1, -0.05) is 117 Å². The molecule has 1 atom stereocenters. The zero-order valence-corrected chi connectivity index (χ0v) is 41.9. The van der Waals surface area contributed by atoms with E-state index in [2.05, 4.69) is 46.1 Å². The fraction of sp³-hybridized carbons (Fsp3) is 0.189. The number of aryl methyl sites for hydroxylation is 1. The third-order valence-electron chi connectivity index (χ3n) is 10.8. The number of furan rings is 1. The van der Waals surface area contributed by atoms with E-state index in [1.165, 1.54) is 54.3 Å². The predicted molar refractivity (Wildman–Crippen MR) is 278 cm³/mol. The van der Waals surface area contributed by atoms with E-state index >= 15 is 0 Å². The zero-order valence-electron chi connectivity index (χ0n) is 38.5. The number of benzene rings is 2. The van der Waals surface area contributed by atoms with Crippen molar-refractivity contribution >= 4 is 80.5 Å². The van der Waals surface area contributed by atoms with Crippen molar-refractivity contribution in [2.24, 2.45) is 0 Å². The molecule has 3 aromatic heterocycles. The number of nitrogens with one attached hydrogen (secondary N) is 2. The van der Waals surface area contributed by atoms with Crippen LogP contribution in [-0.2, 0) is 30.7 Å². The van der Waals surface area contributed by atoms with Crippen molar-refractivity contribution in [3.63, 3.8) is 0 Å². The Balaban J connectivity index is 0.000000276. The molecule has 0 spiro atoms. The molecule has 0 fully saturated rings. The number of thiocarbonyl (C=S) groups is 1. The van der Waals surface area contributed by atoms with E-state index in [0.29, 0.717) is 29.9 Å². The average molecular weight is 1100 g/mol. The molecule has 0 aliphatic carbocycles. The molecule has 370 valence electrons. The molecule has 13 nitrogen and oxygen atoms in total. The number of nitrogens with zero attached hydrogens (tertiary/aromatic N) is 6. The van der Waals surface area contributed by atoms with Gasteiger partial charge in [0.25, 0.3) is 0 Å². The fourth-order valence-electron chi connectivity index (χ4n) is 7.39. The van der Waals surface area contributed by atoms with Crippen LogP contribution in [0.5, 0.6) is 0 Å². The SMILES string of the molecule is CCCCCCc1ccsc1C1=CC[N-]C(/C([NH-])=C/C(=N)C(F)(F)F)=C1.O=C(O)C1=CC[N-]C(c2cc(C(=O)O)cc(C3C=C(c4coc(N(c5ccccc5)c5ccccc5)c4)C=C[N-]3)n2)=C1.[N-]=C=S.[Ru+4]. The summed E-state index contributed by atoms with van der Waals surface area (Å²) in [6.45, 7) is 2.65. The van der Waals surface area contributed by atoms with Gasteiger partial charge < -0.3 is 41.7 Å². The van der Waals surface area contributed by atoms with Crippen molar-refractivity contribution in [1.82, 2.24) is 4.98 Å². The number of aromatic nitrogens is 1. The maximum absolute atomic E-state index is 12.5. The van der Waals surface area contributed by atoms with E-state index in [4.69, 9.17) is 21.0 Å². The monoisotopic (exact) mass is 1100 g/mol. The number of hydrogen-bond acceptors (Lipinski definition) is 8. The molecule has 3 aliphatic heterocycles. The Bertz CT molecular complexity index is 2930. The van der Waals surface area contributed by atoms with Crippen molar-refractivity contribution in [3.8, 4) is 0 Å². The number of allylic oxidation sites excluding steroid dienone is 5. The number of carboxylic acid groups (broad SMARTS) is 2. The number of carbonyl (C=O) groups is 2. The minimum atomic E-state index is -4.75. The molecular weight excluding hydrogens is 1050 g/mol. The van der Waals surface area contributed by atoms with Crippen molar-refractivity contribution in [2.75, 3.05) is 18.0 Å². The maximum atomic E-state index is 12.5. The minimum absolute atomic E-state index is 0. The van der Waals surface area contributed by atoms with Crippen LogP contribution >= 0.6 is 23.6 Å². The van der Waals surface area contributed by atoms with Gasteiger partial charge in [-0.15, -0.1) is 30.1 Å². The molecule has 4 N–H and O–H groups in total. The van der Waals surface area contributed by atoms with E-state index < -0.39 is 29.9 Å². The number of halogens is 3. The molecule has 5 aromatic rings. The van der Waals surface area contributed by atoms with Crippen LogP contribution in [0, 0.1) is 5.41 Å². The summed E-state index contributed by atoms with van der Waals surface area (Å²) in [7, 11) is 0. The van der Waals surface area contributed by atoms with Crippen molar-refractivity contribution in [2.45, 2.75) is 51.2 Å². The summed E-state index contributed by atoms with van der Waals surface area (Å²) in [6.07, 6.45) is 14.9. The van der Waals surface area contributed by atoms with Gasteiger partial charge in [-0.25, -0.2) is 9.59 Å². The molecule has 72 heavy (non-hydrogen) atoms. The van der Waals surface area contributed by atoms with Gasteiger partial charge in [0.15, 0.2) is 0 Å². The number of unbranched alkanes of at least 4 members (excludes halogenated alkanes) is 3. The van der Waals surface area contributed by atoms with Crippen LogP contribution in [0.4, 0.5) is 30.4 Å². The van der Waals surface area contributed by atoms with E-state index in [1.807, 2.05) is 95.2 Å². The molecule has 2 aromatic carbocycles. The Morgan fingerprint density at radius 2 is 1.65 bits per heavy atom. The number of aromatic carboxylic acids is 1. The van der Waals surface area contributed by atoms with Gasteiger partial charge >= 0.3 is 37.6 Å². The normalized spacial score (nSPS) is 14.9. The zero-order chi connectivity index (χ0) is 50.9. The molecule has 19 heteroatoms. The third-order valence-corrected chi connectivity index (χ3v) is 11.8. The summed E-state index contributed by atoms with van der Waals surface area (Å²) in [5.41, 5.74) is 12.8. The first-order chi connectivity index (χ1) is 34.2. The standard InChI is InChI=1S/C33H24N4O5.C19H22F3N3S.CNS.Ru/c38-32(39)22-12-14-35-28(16-22)30-18-23(33(40)41)17-29(36-30)27-15-21(11-13-34-27)24-19-31(42-20-24)37(25-7-3-1-4-8-25)26-9-5-2-6-10-26;1-2-3-4-5-6-13-8-10-26-18(13)14-7-9-25-16(11-14)15(23)12-17(24)19(20,21)22;2-1-3;/h1-13,15-20,27H,14H2,(H,38,39)(H,40,41);7-8,10-12,23-24H,2-6,9H2,1H3;;/q2*-2;-1;+4/b;15-12-,24-17?;;. The van der Waals surface area contributed by atoms with E-state index in [-0.39, 0.29) is 54.2 Å². The Morgan fingerprint density at radius 3 is 2.29 bits per heavy atom. The molecule has 3 aliphatic rings. The second-order valence-corrected chi connectivity index (χ2v) is 16.8. The van der Waals surface area contributed by atoms with Crippen LogP contribution in [-0.4, -0.2) is 57.3 Å². The molecule has 0 saturated heterocycles. The number of hydrogen-bond donors (Lipinski definition) is 3. The molecule has 1 unspecified atom stereocenters. The number of alkyl halides is 3. The summed E-state index contributed by atoms with van der Waals surface area (Å²) in [6, 6.07) is 26.1. The number of thiophene rings is 1. The first-order valence-corrected chi connectivity index (χ1v) is 23.4. The Hall–Kier alpha value is -7.43. The van der Waals surface area contributed by atoms with Crippen molar-refractivity contribution in [1.29, 1.82) is 5.41 Å².